The van der Waals surface area contributed by atoms with E-state index in [1.807, 2.05) is 0 Å². The van der Waals surface area contributed by atoms with E-state index in [1.165, 1.54) is 462 Å². The molecule has 0 spiro atoms. The van der Waals surface area contributed by atoms with Gasteiger partial charge in [0.15, 0.2) is 6.10 Å². The lowest BCUT2D eigenvalue weighted by Crippen LogP contribution is -2.29. The quantitative estimate of drug-likeness (QED) is 0.0264. The van der Waals surface area contributed by atoms with Crippen molar-refractivity contribution in [2.24, 2.45) is 5.73 Å². The van der Waals surface area contributed by atoms with Gasteiger partial charge in [0.05, 0.1) is 13.2 Å². The number of esters is 2. The SMILES string of the molecule is CCCCCCCCCC/C=C\CCCCCCCCCCCCCCCCCCCCCCCCCCCCCCCC(=O)OC(COC(=O)CCCCCCCCCCCCCCCCCCCCCCCCCCCCCCCCCCCCCCCCC)COP(=O)(O)OCCN. The lowest BCUT2D eigenvalue weighted by Gasteiger charge is -2.19. The molecule has 10 heteroatoms. The fraction of sp³-hybridized carbons (Fsp3) is 0.956. The number of rotatable bonds is 90. The van der Waals surface area contributed by atoms with E-state index in [0.29, 0.717) is 12.8 Å². The Morgan fingerprint density at radius 1 is 0.287 bits per heavy atom. The Labute approximate surface area is 631 Å². The summed E-state index contributed by atoms with van der Waals surface area (Å²) in [5, 5.41) is 0. The fourth-order valence-electron chi connectivity index (χ4n) is 14.8. The summed E-state index contributed by atoms with van der Waals surface area (Å²) in [6.45, 7) is 3.86. The summed E-state index contributed by atoms with van der Waals surface area (Å²) in [7, 11) is -4.39. The van der Waals surface area contributed by atoms with Crippen molar-refractivity contribution in [2.45, 2.75) is 534 Å². The first-order valence-electron chi connectivity index (χ1n) is 46.2. The fourth-order valence-corrected chi connectivity index (χ4v) is 15.6. The van der Waals surface area contributed by atoms with Crippen LogP contribution < -0.4 is 5.73 Å². The average molecular weight is 1450 g/mol. The van der Waals surface area contributed by atoms with Crippen molar-refractivity contribution in [3.63, 3.8) is 0 Å². The van der Waals surface area contributed by atoms with Crippen LogP contribution in [0.5, 0.6) is 0 Å². The molecule has 0 aliphatic carbocycles. The second-order valence-electron chi connectivity index (χ2n) is 31.9. The van der Waals surface area contributed by atoms with Gasteiger partial charge < -0.3 is 20.1 Å². The molecule has 0 aromatic heterocycles. The predicted molar refractivity (Wildman–Crippen MR) is 441 cm³/mol. The molecular weight excluding hydrogens is 1270 g/mol. The van der Waals surface area contributed by atoms with Gasteiger partial charge in [-0.25, -0.2) is 4.57 Å². The second-order valence-corrected chi connectivity index (χ2v) is 33.3. The number of unbranched alkanes of at least 4 members (excludes halogenated alkanes) is 75. The number of nitrogens with two attached hydrogens (primary N) is 1. The molecular formula is C91H180NO8P. The van der Waals surface area contributed by atoms with Crippen LogP contribution in [-0.4, -0.2) is 49.3 Å². The summed E-state index contributed by atoms with van der Waals surface area (Å²) >= 11 is 0. The Bertz CT molecular complexity index is 1660. The first kappa shape index (κ1) is 99.8. The normalized spacial score (nSPS) is 12.7. The Morgan fingerprint density at radius 2 is 0.485 bits per heavy atom. The molecule has 0 aromatic carbocycles. The molecule has 0 saturated heterocycles. The van der Waals surface area contributed by atoms with Gasteiger partial charge in [-0.1, -0.05) is 488 Å². The number of carbonyl (C=O) groups excluding carboxylic acids is 2. The highest BCUT2D eigenvalue weighted by Gasteiger charge is 2.26. The molecule has 0 rings (SSSR count). The van der Waals surface area contributed by atoms with E-state index in [-0.39, 0.29) is 32.1 Å². The maximum absolute atomic E-state index is 12.8. The number of hydrogen-bond acceptors (Lipinski definition) is 8. The minimum Gasteiger partial charge on any atom is -0.462 e. The number of allylic oxidation sites excluding steroid dienone is 2. The van der Waals surface area contributed by atoms with Crippen molar-refractivity contribution < 1.29 is 37.6 Å². The Hall–Kier alpha value is -1.25. The van der Waals surface area contributed by atoms with Crippen molar-refractivity contribution in [1.82, 2.24) is 0 Å². The van der Waals surface area contributed by atoms with Gasteiger partial charge >= 0.3 is 19.8 Å². The highest BCUT2D eigenvalue weighted by molar-refractivity contribution is 7.47. The Kier molecular flexibility index (Phi) is 86.6. The predicted octanol–water partition coefficient (Wildman–Crippen LogP) is 31.3. The molecule has 0 fully saturated rings. The monoisotopic (exact) mass is 1450 g/mol. The van der Waals surface area contributed by atoms with Crippen LogP contribution in [0.2, 0.25) is 0 Å². The third kappa shape index (κ3) is 87.6. The molecule has 2 unspecified atom stereocenters. The number of carbonyl (C=O) groups is 2. The molecule has 0 aromatic rings. The van der Waals surface area contributed by atoms with E-state index in [4.69, 9.17) is 24.3 Å². The molecule has 101 heavy (non-hydrogen) atoms. The van der Waals surface area contributed by atoms with E-state index in [0.717, 1.165) is 32.1 Å². The number of phosphoric ester groups is 1. The molecule has 0 saturated carbocycles. The number of ether oxygens (including phenoxy) is 2. The van der Waals surface area contributed by atoms with Gasteiger partial charge in [0.2, 0.25) is 0 Å². The van der Waals surface area contributed by atoms with E-state index in [2.05, 4.69) is 26.0 Å². The zero-order valence-electron chi connectivity index (χ0n) is 68.5. The third-order valence-electron chi connectivity index (χ3n) is 21.7. The van der Waals surface area contributed by atoms with Crippen molar-refractivity contribution in [3.8, 4) is 0 Å². The van der Waals surface area contributed by atoms with E-state index >= 15 is 0 Å². The molecule has 9 nitrogen and oxygen atoms in total. The van der Waals surface area contributed by atoms with Gasteiger partial charge in [0.1, 0.15) is 6.61 Å². The lowest BCUT2D eigenvalue weighted by molar-refractivity contribution is -0.161. The molecule has 0 heterocycles. The van der Waals surface area contributed by atoms with Crippen LogP contribution in [0.1, 0.15) is 528 Å². The van der Waals surface area contributed by atoms with Gasteiger partial charge in [-0.3, -0.25) is 18.6 Å². The van der Waals surface area contributed by atoms with Gasteiger partial charge in [0, 0.05) is 19.4 Å². The van der Waals surface area contributed by atoms with Crippen molar-refractivity contribution >= 4 is 19.8 Å². The summed E-state index contributed by atoms with van der Waals surface area (Å²) in [4.78, 5) is 35.5. The highest BCUT2D eigenvalue weighted by Crippen LogP contribution is 2.43. The van der Waals surface area contributed by atoms with Crippen LogP contribution in [0.4, 0.5) is 0 Å². The third-order valence-corrected chi connectivity index (χ3v) is 22.6. The molecule has 0 aliphatic rings. The van der Waals surface area contributed by atoms with Gasteiger partial charge in [-0.15, -0.1) is 0 Å². The first-order chi connectivity index (χ1) is 49.8. The minimum absolute atomic E-state index is 0.0585. The summed E-state index contributed by atoms with van der Waals surface area (Å²) in [5.41, 5.74) is 5.43. The Morgan fingerprint density at radius 3 is 0.703 bits per heavy atom. The average Bonchev–Trinajstić information content (AvgIpc) is 1.04. The Balaban J connectivity index is 3.66. The van der Waals surface area contributed by atoms with E-state index < -0.39 is 26.5 Å². The zero-order valence-corrected chi connectivity index (χ0v) is 69.4. The first-order valence-corrected chi connectivity index (χ1v) is 47.7. The molecule has 0 amide bonds. The second kappa shape index (κ2) is 87.7. The molecule has 3 N–H and O–H groups in total. The largest absolute Gasteiger partial charge is 0.472 e. The molecule has 0 aliphatic heterocycles. The summed E-state index contributed by atoms with van der Waals surface area (Å²) in [6.07, 6.45) is 111. The van der Waals surface area contributed by atoms with Gasteiger partial charge in [-0.05, 0) is 38.5 Å². The van der Waals surface area contributed by atoms with Crippen LogP contribution in [0.3, 0.4) is 0 Å². The molecule has 602 valence electrons. The van der Waals surface area contributed by atoms with Gasteiger partial charge in [0.25, 0.3) is 0 Å². The van der Waals surface area contributed by atoms with Crippen LogP contribution in [0.25, 0.3) is 0 Å². The maximum Gasteiger partial charge on any atom is 0.472 e. The summed E-state index contributed by atoms with van der Waals surface area (Å²) in [5.74, 6) is -0.793. The lowest BCUT2D eigenvalue weighted by atomic mass is 10.0. The van der Waals surface area contributed by atoms with Crippen molar-refractivity contribution in [1.29, 1.82) is 0 Å². The zero-order chi connectivity index (χ0) is 72.9. The smallest absolute Gasteiger partial charge is 0.462 e. The maximum atomic E-state index is 12.8. The van der Waals surface area contributed by atoms with Crippen molar-refractivity contribution in [2.75, 3.05) is 26.4 Å². The van der Waals surface area contributed by atoms with Crippen LogP contribution in [0.15, 0.2) is 12.2 Å². The molecule has 2 atom stereocenters. The standard InChI is InChI=1S/C91H180NO8P/c1-3-5-7-9-11-13-15-17-19-21-23-25-27-29-31-33-35-37-39-41-43-44-46-48-50-52-54-56-58-60-62-64-66-68-70-72-74-76-78-80-82-84-91(94)100-89(88-99-101(95,96)98-86-85-92)87-97-90(93)83-81-79-77-75-73-71-69-67-65-63-61-59-57-55-53-51-49-47-45-42-40-38-36-34-32-30-28-26-24-22-20-18-16-14-12-10-8-6-4-2/h21,23,89H,3-20,22,24-88,92H2,1-2H3,(H,95,96)/b23-21-. The topological polar surface area (TPSA) is 134 Å². The molecule has 0 radical (unpaired) electrons. The molecule has 0 bridgehead atoms. The van der Waals surface area contributed by atoms with Gasteiger partial charge in [-0.2, -0.15) is 0 Å². The van der Waals surface area contributed by atoms with E-state index in [9.17, 15) is 19.0 Å². The van der Waals surface area contributed by atoms with Crippen LogP contribution in [0, 0.1) is 0 Å². The van der Waals surface area contributed by atoms with Crippen LogP contribution in [-0.2, 0) is 32.7 Å². The van der Waals surface area contributed by atoms with Crippen LogP contribution >= 0.6 is 7.82 Å². The van der Waals surface area contributed by atoms with Crippen molar-refractivity contribution in [3.05, 3.63) is 12.2 Å². The summed E-state index contributed by atoms with van der Waals surface area (Å²) < 4.78 is 33.4. The number of phosphoric acid groups is 1. The summed E-state index contributed by atoms with van der Waals surface area (Å²) in [6, 6.07) is 0. The minimum atomic E-state index is -4.39. The number of hydrogen-bond donors (Lipinski definition) is 2. The van der Waals surface area contributed by atoms with E-state index in [1.54, 1.807) is 0 Å². The highest BCUT2D eigenvalue weighted by atomic mass is 31.2.